The number of pyridine rings is 1. The molecule has 1 aromatic heterocycles. The predicted molar refractivity (Wildman–Crippen MR) is 83.2 cm³/mol. The molecule has 0 atom stereocenters. The van der Waals surface area contributed by atoms with Crippen LogP contribution in [0, 0.1) is 0 Å². The van der Waals surface area contributed by atoms with Gasteiger partial charge in [-0.1, -0.05) is 12.1 Å². The van der Waals surface area contributed by atoms with Gasteiger partial charge < -0.3 is 15.6 Å². The molecule has 0 bridgehead atoms. The van der Waals surface area contributed by atoms with Crippen molar-refractivity contribution in [2.24, 2.45) is 5.73 Å². The molecule has 0 radical (unpaired) electrons. The van der Waals surface area contributed by atoms with Crippen molar-refractivity contribution in [1.82, 2.24) is 10.3 Å². The number of aromatic hydroxyl groups is 1. The van der Waals surface area contributed by atoms with Crippen LogP contribution < -0.4 is 15.8 Å². The molecule has 0 saturated heterocycles. The number of alkyl halides is 3. The van der Waals surface area contributed by atoms with Crippen LogP contribution in [0.1, 0.15) is 21.6 Å². The van der Waals surface area contributed by atoms with Crippen LogP contribution >= 0.6 is 0 Å². The van der Waals surface area contributed by atoms with Gasteiger partial charge in [0, 0.05) is 12.3 Å². The van der Waals surface area contributed by atoms with Crippen molar-refractivity contribution in [3.63, 3.8) is 0 Å². The molecule has 0 saturated carbocycles. The standard InChI is InChI=1S/C16H14F3N3O4/c17-16(18,19)10-3-1-9(2-4-10)8-26-11-5-6-21-13(14(11)24)15(25)22-12(23)7-20/h1-6,24H,7-8,20H2,(H,22,23,25). The van der Waals surface area contributed by atoms with E-state index in [9.17, 15) is 27.9 Å². The number of nitrogens with zero attached hydrogens (tertiary/aromatic N) is 1. The first-order chi connectivity index (χ1) is 12.2. The number of aromatic nitrogens is 1. The summed E-state index contributed by atoms with van der Waals surface area (Å²) in [4.78, 5) is 26.6. The van der Waals surface area contributed by atoms with Crippen molar-refractivity contribution < 1.29 is 32.6 Å². The molecule has 2 amide bonds. The molecule has 2 aromatic rings. The number of benzene rings is 1. The van der Waals surface area contributed by atoms with Crippen molar-refractivity contribution in [1.29, 1.82) is 0 Å². The summed E-state index contributed by atoms with van der Waals surface area (Å²) < 4.78 is 42.9. The number of hydrogen-bond donors (Lipinski definition) is 3. The maximum atomic E-state index is 12.5. The lowest BCUT2D eigenvalue weighted by molar-refractivity contribution is -0.137. The fourth-order valence-corrected chi connectivity index (χ4v) is 1.91. The largest absolute Gasteiger partial charge is 0.503 e. The van der Waals surface area contributed by atoms with E-state index in [0.717, 1.165) is 12.1 Å². The quantitative estimate of drug-likeness (QED) is 0.738. The summed E-state index contributed by atoms with van der Waals surface area (Å²) >= 11 is 0. The number of carbonyl (C=O) groups is 2. The highest BCUT2D eigenvalue weighted by atomic mass is 19.4. The van der Waals surface area contributed by atoms with E-state index in [4.69, 9.17) is 10.5 Å². The Bertz CT molecular complexity index is 807. The van der Waals surface area contributed by atoms with Gasteiger partial charge in [0.15, 0.2) is 17.2 Å². The van der Waals surface area contributed by atoms with E-state index in [1.165, 1.54) is 24.4 Å². The smallest absolute Gasteiger partial charge is 0.416 e. The Morgan fingerprint density at radius 3 is 2.42 bits per heavy atom. The molecule has 0 unspecified atom stereocenters. The molecule has 1 heterocycles. The van der Waals surface area contributed by atoms with Crippen molar-refractivity contribution in [3.05, 3.63) is 53.3 Å². The van der Waals surface area contributed by atoms with Crippen molar-refractivity contribution in [2.75, 3.05) is 6.54 Å². The maximum Gasteiger partial charge on any atom is 0.416 e. The zero-order valence-corrected chi connectivity index (χ0v) is 13.2. The zero-order valence-electron chi connectivity index (χ0n) is 13.2. The van der Waals surface area contributed by atoms with Crippen LogP contribution in [0.4, 0.5) is 13.2 Å². The van der Waals surface area contributed by atoms with E-state index in [1.807, 2.05) is 5.32 Å². The normalized spacial score (nSPS) is 11.1. The van der Waals surface area contributed by atoms with Crippen LogP contribution in [0.2, 0.25) is 0 Å². The van der Waals surface area contributed by atoms with E-state index in [0.29, 0.717) is 5.56 Å². The van der Waals surface area contributed by atoms with E-state index >= 15 is 0 Å². The topological polar surface area (TPSA) is 115 Å². The summed E-state index contributed by atoms with van der Waals surface area (Å²) in [6, 6.07) is 5.54. The van der Waals surface area contributed by atoms with Crippen LogP contribution in [0.3, 0.4) is 0 Å². The van der Waals surface area contributed by atoms with Gasteiger partial charge in [-0.3, -0.25) is 14.9 Å². The fourth-order valence-electron chi connectivity index (χ4n) is 1.91. The molecule has 4 N–H and O–H groups in total. The molecule has 26 heavy (non-hydrogen) atoms. The van der Waals surface area contributed by atoms with E-state index in [-0.39, 0.29) is 12.4 Å². The van der Waals surface area contributed by atoms with Gasteiger partial charge in [-0.2, -0.15) is 13.2 Å². The SMILES string of the molecule is NCC(=O)NC(=O)c1nccc(OCc2ccc(C(F)(F)F)cc2)c1O. The lowest BCUT2D eigenvalue weighted by atomic mass is 10.1. The van der Waals surface area contributed by atoms with Crippen LogP contribution in [0.25, 0.3) is 0 Å². The highest BCUT2D eigenvalue weighted by Gasteiger charge is 2.29. The zero-order chi connectivity index (χ0) is 19.3. The lowest BCUT2D eigenvalue weighted by Crippen LogP contribution is -2.35. The summed E-state index contributed by atoms with van der Waals surface area (Å²) in [5.41, 5.74) is 4.25. The third kappa shape index (κ3) is 4.70. The molecule has 2 rings (SSSR count). The van der Waals surface area contributed by atoms with Gasteiger partial charge in [0.1, 0.15) is 6.61 Å². The molecule has 0 spiro atoms. The first-order valence-corrected chi connectivity index (χ1v) is 7.23. The Morgan fingerprint density at radius 2 is 1.85 bits per heavy atom. The second-order valence-electron chi connectivity index (χ2n) is 5.07. The number of rotatable bonds is 5. The molecule has 0 fully saturated rings. The van der Waals surface area contributed by atoms with Crippen LogP contribution in [0.5, 0.6) is 11.5 Å². The summed E-state index contributed by atoms with van der Waals surface area (Å²) in [6.07, 6.45) is -3.27. The number of nitrogens with two attached hydrogens (primary N) is 1. The second-order valence-corrected chi connectivity index (χ2v) is 5.07. The summed E-state index contributed by atoms with van der Waals surface area (Å²) in [5, 5.41) is 12.0. The highest BCUT2D eigenvalue weighted by molar-refractivity contribution is 6.05. The van der Waals surface area contributed by atoms with E-state index in [1.54, 1.807) is 0 Å². The first-order valence-electron chi connectivity index (χ1n) is 7.23. The predicted octanol–water partition coefficient (Wildman–Crippen LogP) is 1.60. The summed E-state index contributed by atoms with van der Waals surface area (Å²) in [7, 11) is 0. The fraction of sp³-hybridized carbons (Fsp3) is 0.188. The van der Waals surface area contributed by atoms with Crippen molar-refractivity contribution >= 4 is 11.8 Å². The Balaban J connectivity index is 2.09. The third-order valence-corrected chi connectivity index (χ3v) is 3.22. The Morgan fingerprint density at radius 1 is 1.19 bits per heavy atom. The number of amides is 2. The lowest BCUT2D eigenvalue weighted by Gasteiger charge is -2.11. The molecule has 1 aromatic carbocycles. The third-order valence-electron chi connectivity index (χ3n) is 3.22. The molecule has 0 aliphatic rings. The van der Waals surface area contributed by atoms with Crippen LogP contribution in [-0.2, 0) is 17.6 Å². The van der Waals surface area contributed by atoms with Crippen LogP contribution in [-0.4, -0.2) is 28.4 Å². The average molecular weight is 369 g/mol. The van der Waals surface area contributed by atoms with Gasteiger partial charge in [-0.15, -0.1) is 0 Å². The molecule has 10 heteroatoms. The van der Waals surface area contributed by atoms with Gasteiger partial charge >= 0.3 is 6.18 Å². The summed E-state index contributed by atoms with van der Waals surface area (Å²) in [6.45, 7) is -0.574. The van der Waals surface area contributed by atoms with Crippen LogP contribution in [0.15, 0.2) is 36.5 Å². The average Bonchev–Trinajstić information content (AvgIpc) is 2.60. The van der Waals surface area contributed by atoms with Gasteiger partial charge in [0.25, 0.3) is 5.91 Å². The molecule has 0 aliphatic heterocycles. The van der Waals surface area contributed by atoms with Gasteiger partial charge in [0.2, 0.25) is 5.91 Å². The maximum absolute atomic E-state index is 12.5. The Kier molecular flexibility index (Phi) is 5.78. The molecule has 138 valence electrons. The molecular formula is C16H14F3N3O4. The minimum atomic E-state index is -4.44. The van der Waals surface area contributed by atoms with E-state index in [2.05, 4.69) is 4.98 Å². The summed E-state index contributed by atoms with van der Waals surface area (Å²) in [5.74, 6) is -2.45. The van der Waals surface area contributed by atoms with Crippen molar-refractivity contribution in [3.8, 4) is 11.5 Å². The minimum absolute atomic E-state index is 0.120. The second kappa shape index (κ2) is 7.83. The van der Waals surface area contributed by atoms with Gasteiger partial charge in [0.05, 0.1) is 12.1 Å². The van der Waals surface area contributed by atoms with E-state index < -0.39 is 41.5 Å². The Labute approximate surface area is 145 Å². The number of hydrogen-bond acceptors (Lipinski definition) is 6. The minimum Gasteiger partial charge on any atom is -0.503 e. The van der Waals surface area contributed by atoms with Gasteiger partial charge in [-0.25, -0.2) is 4.98 Å². The van der Waals surface area contributed by atoms with Crippen molar-refractivity contribution in [2.45, 2.75) is 12.8 Å². The number of carbonyl (C=O) groups excluding carboxylic acids is 2. The number of ether oxygens (including phenoxy) is 1. The Hall–Kier alpha value is -3.14. The number of nitrogens with one attached hydrogen (secondary N) is 1. The highest BCUT2D eigenvalue weighted by Crippen LogP contribution is 2.30. The molecule has 0 aliphatic carbocycles. The molecular weight excluding hydrogens is 355 g/mol. The van der Waals surface area contributed by atoms with Gasteiger partial charge in [-0.05, 0) is 17.7 Å². The number of halogens is 3. The molecule has 7 nitrogen and oxygen atoms in total. The monoisotopic (exact) mass is 369 g/mol. The first kappa shape index (κ1) is 19.2. The number of imide groups is 1.